The first-order chi connectivity index (χ1) is 10.6. The topological polar surface area (TPSA) is 46.9 Å². The maximum absolute atomic E-state index is 12.3. The normalized spacial score (nSPS) is 12.5. The van der Waals surface area contributed by atoms with E-state index in [1.165, 1.54) is 16.6 Å². The molecule has 1 amide bonds. The summed E-state index contributed by atoms with van der Waals surface area (Å²) >= 11 is 3.18. The molecule has 1 atom stereocenters. The second kappa shape index (κ2) is 8.39. The minimum absolute atomic E-state index is 0.0585. The van der Waals surface area contributed by atoms with E-state index >= 15 is 0 Å². The molecule has 0 bridgehead atoms. The van der Waals surface area contributed by atoms with Gasteiger partial charge in [0.25, 0.3) is 0 Å². The van der Waals surface area contributed by atoms with Crippen LogP contribution in [0.5, 0.6) is 0 Å². The van der Waals surface area contributed by atoms with Crippen molar-refractivity contribution < 1.29 is 4.79 Å². The molecule has 2 aromatic rings. The summed E-state index contributed by atoms with van der Waals surface area (Å²) in [6, 6.07) is 4.19. The van der Waals surface area contributed by atoms with Crippen LogP contribution < -0.4 is 5.32 Å². The molecule has 2 aromatic heterocycles. The average Bonchev–Trinajstić information content (AvgIpc) is 3.14. The van der Waals surface area contributed by atoms with Gasteiger partial charge in [-0.05, 0) is 23.8 Å². The average molecular weight is 338 g/mol. The van der Waals surface area contributed by atoms with Gasteiger partial charge in [-0.25, -0.2) is 4.98 Å². The molecule has 1 N–H and O–H groups in total. The fraction of sp³-hybridized carbons (Fsp3) is 0.500. The lowest BCUT2D eigenvalue weighted by atomic mass is 10.0. The summed E-state index contributed by atoms with van der Waals surface area (Å²) in [5, 5.41) is 6.11. The van der Waals surface area contributed by atoms with Crippen molar-refractivity contribution in [1.82, 2.24) is 14.9 Å². The van der Waals surface area contributed by atoms with E-state index in [0.717, 1.165) is 18.1 Å². The predicted molar refractivity (Wildman–Crippen MR) is 93.3 cm³/mol. The number of nitrogens with one attached hydrogen (secondary N) is 1. The van der Waals surface area contributed by atoms with Gasteiger partial charge in [0.2, 0.25) is 5.91 Å². The maximum atomic E-state index is 12.3. The van der Waals surface area contributed by atoms with E-state index in [-0.39, 0.29) is 11.9 Å². The Morgan fingerprint density at radius 1 is 1.50 bits per heavy atom. The van der Waals surface area contributed by atoms with Gasteiger partial charge in [0, 0.05) is 23.8 Å². The number of aryl methyl sites for hydroxylation is 1. The molecule has 0 radical (unpaired) electrons. The molecule has 0 aromatic carbocycles. The molecule has 4 nitrogen and oxygen atoms in total. The van der Waals surface area contributed by atoms with Gasteiger partial charge in [0.05, 0.1) is 11.8 Å². The van der Waals surface area contributed by atoms with Crippen LogP contribution in [0.25, 0.3) is 0 Å². The predicted octanol–water partition coefficient (Wildman–Crippen LogP) is 3.96. The molecule has 6 heteroatoms. The molecule has 0 unspecified atom stereocenters. The lowest BCUT2D eigenvalue weighted by molar-refractivity contribution is -0.119. The van der Waals surface area contributed by atoms with Crippen molar-refractivity contribution >= 4 is 29.0 Å². The Morgan fingerprint density at radius 2 is 2.32 bits per heavy atom. The highest BCUT2D eigenvalue weighted by atomic mass is 32.2. The Kier molecular flexibility index (Phi) is 6.51. The third-order valence-corrected chi connectivity index (χ3v) is 5.27. The van der Waals surface area contributed by atoms with Crippen LogP contribution >= 0.6 is 23.1 Å². The number of rotatable bonds is 8. The molecule has 0 aliphatic heterocycles. The number of imidazole rings is 1. The number of amides is 1. The molecule has 0 aliphatic rings. The number of thioether (sulfide) groups is 1. The second-order valence-electron chi connectivity index (χ2n) is 5.50. The Hall–Kier alpha value is -1.27. The van der Waals surface area contributed by atoms with Crippen molar-refractivity contribution in [1.29, 1.82) is 0 Å². The highest BCUT2D eigenvalue weighted by Crippen LogP contribution is 2.26. The SMILES string of the molecule is CCCn1ccnc1SCC(=O)N[C@@H](c1cccs1)C(C)C. The Labute approximate surface area is 140 Å². The highest BCUT2D eigenvalue weighted by molar-refractivity contribution is 7.99. The molecular weight excluding hydrogens is 314 g/mol. The summed E-state index contributed by atoms with van der Waals surface area (Å²) in [6.07, 6.45) is 4.81. The van der Waals surface area contributed by atoms with Crippen LogP contribution in [0.3, 0.4) is 0 Å². The summed E-state index contributed by atoms with van der Waals surface area (Å²) in [7, 11) is 0. The van der Waals surface area contributed by atoms with Crippen molar-refractivity contribution in [2.45, 2.75) is 44.9 Å². The summed E-state index contributed by atoms with van der Waals surface area (Å²) in [4.78, 5) is 17.8. The largest absolute Gasteiger partial charge is 0.347 e. The van der Waals surface area contributed by atoms with Crippen LogP contribution in [-0.4, -0.2) is 21.2 Å². The first-order valence-electron chi connectivity index (χ1n) is 7.58. The van der Waals surface area contributed by atoms with Crippen LogP contribution in [0.1, 0.15) is 38.1 Å². The van der Waals surface area contributed by atoms with Crippen molar-refractivity contribution in [3.63, 3.8) is 0 Å². The molecule has 0 saturated heterocycles. The van der Waals surface area contributed by atoms with Crippen LogP contribution in [0.4, 0.5) is 0 Å². The monoisotopic (exact) mass is 337 g/mol. The first-order valence-corrected chi connectivity index (χ1v) is 9.45. The van der Waals surface area contributed by atoms with Crippen molar-refractivity contribution in [3.05, 3.63) is 34.8 Å². The standard InChI is InChI=1S/C16H23N3OS2/c1-4-8-19-9-7-17-16(19)22-11-14(20)18-15(12(2)3)13-6-5-10-21-13/h5-7,9-10,12,15H,4,8,11H2,1-3H3,(H,18,20)/t15-/m1/s1. The smallest absolute Gasteiger partial charge is 0.230 e. The Morgan fingerprint density at radius 3 is 2.95 bits per heavy atom. The second-order valence-corrected chi connectivity index (χ2v) is 7.42. The van der Waals surface area contributed by atoms with Crippen LogP contribution in [-0.2, 0) is 11.3 Å². The zero-order valence-electron chi connectivity index (χ0n) is 13.3. The number of aromatic nitrogens is 2. The molecule has 120 valence electrons. The molecule has 0 spiro atoms. The maximum Gasteiger partial charge on any atom is 0.230 e. The van der Waals surface area contributed by atoms with E-state index in [9.17, 15) is 4.79 Å². The molecule has 22 heavy (non-hydrogen) atoms. The summed E-state index contributed by atoms with van der Waals surface area (Å²) < 4.78 is 2.09. The summed E-state index contributed by atoms with van der Waals surface area (Å²) in [5.41, 5.74) is 0. The quantitative estimate of drug-likeness (QED) is 0.742. The van der Waals surface area contributed by atoms with Gasteiger partial charge in [0.1, 0.15) is 0 Å². The fourth-order valence-corrected chi connectivity index (χ4v) is 3.97. The number of carbonyl (C=O) groups excluding carboxylic acids is 1. The van der Waals surface area contributed by atoms with E-state index in [0.29, 0.717) is 11.7 Å². The van der Waals surface area contributed by atoms with Gasteiger partial charge in [-0.15, -0.1) is 11.3 Å². The van der Waals surface area contributed by atoms with Crippen LogP contribution in [0.15, 0.2) is 35.1 Å². The van der Waals surface area contributed by atoms with Crippen molar-refractivity contribution in [3.8, 4) is 0 Å². The van der Waals surface area contributed by atoms with Crippen LogP contribution in [0.2, 0.25) is 0 Å². The third-order valence-electron chi connectivity index (χ3n) is 3.31. The van der Waals surface area contributed by atoms with Gasteiger partial charge >= 0.3 is 0 Å². The molecule has 2 rings (SSSR count). The van der Waals surface area contributed by atoms with Gasteiger partial charge < -0.3 is 9.88 Å². The molecule has 0 fully saturated rings. The molecular formula is C16H23N3OS2. The molecule has 0 saturated carbocycles. The van der Waals surface area contributed by atoms with Crippen molar-refractivity contribution in [2.75, 3.05) is 5.75 Å². The number of hydrogen-bond donors (Lipinski definition) is 1. The van der Waals surface area contributed by atoms with E-state index in [1.807, 2.05) is 17.6 Å². The minimum atomic E-state index is 0.0585. The highest BCUT2D eigenvalue weighted by Gasteiger charge is 2.19. The molecule has 0 aliphatic carbocycles. The Balaban J connectivity index is 1.90. The van der Waals surface area contributed by atoms with Gasteiger partial charge in [0.15, 0.2) is 5.16 Å². The summed E-state index contributed by atoms with van der Waals surface area (Å²) in [6.45, 7) is 7.33. The third kappa shape index (κ3) is 4.61. The van der Waals surface area contributed by atoms with Crippen molar-refractivity contribution in [2.24, 2.45) is 5.92 Å². The zero-order chi connectivity index (χ0) is 15.9. The number of nitrogens with zero attached hydrogens (tertiary/aromatic N) is 2. The fourth-order valence-electron chi connectivity index (χ4n) is 2.23. The van der Waals surface area contributed by atoms with E-state index < -0.39 is 0 Å². The lowest BCUT2D eigenvalue weighted by Gasteiger charge is -2.21. The van der Waals surface area contributed by atoms with E-state index in [2.05, 4.69) is 41.7 Å². The Bertz CT molecular complexity index is 578. The van der Waals surface area contributed by atoms with E-state index in [4.69, 9.17) is 0 Å². The van der Waals surface area contributed by atoms with Gasteiger partial charge in [-0.3, -0.25) is 4.79 Å². The summed E-state index contributed by atoms with van der Waals surface area (Å²) in [5.74, 6) is 0.827. The first kappa shape index (κ1) is 17.1. The zero-order valence-corrected chi connectivity index (χ0v) is 14.9. The minimum Gasteiger partial charge on any atom is -0.347 e. The lowest BCUT2D eigenvalue weighted by Crippen LogP contribution is -2.32. The van der Waals surface area contributed by atoms with E-state index in [1.54, 1.807) is 17.5 Å². The van der Waals surface area contributed by atoms with Crippen LogP contribution in [0, 0.1) is 5.92 Å². The van der Waals surface area contributed by atoms with Gasteiger partial charge in [-0.1, -0.05) is 38.6 Å². The molecule has 2 heterocycles. The van der Waals surface area contributed by atoms with Gasteiger partial charge in [-0.2, -0.15) is 0 Å². The number of carbonyl (C=O) groups is 1. The number of hydrogen-bond acceptors (Lipinski definition) is 4. The number of thiophene rings is 1.